The van der Waals surface area contributed by atoms with Crippen LogP contribution in [0, 0.1) is 0 Å². The first kappa shape index (κ1) is 6.43. The maximum atomic E-state index is 9.46. The number of hydrogen-bond donors (Lipinski definition) is 1. The van der Waals surface area contributed by atoms with Gasteiger partial charge < -0.3 is 10.1 Å². The molecule has 0 bridgehead atoms. The van der Waals surface area contributed by atoms with Crippen molar-refractivity contribution in [3.05, 3.63) is 0 Å². The molecule has 0 saturated heterocycles. The summed E-state index contributed by atoms with van der Waals surface area (Å²) in [5.74, 6) is 0. The lowest BCUT2D eigenvalue weighted by molar-refractivity contribution is 0.106. The van der Waals surface area contributed by atoms with Crippen molar-refractivity contribution in [2.45, 2.75) is 13.2 Å². The van der Waals surface area contributed by atoms with E-state index in [1.54, 1.807) is 6.92 Å². The molecule has 1 unspecified atom stereocenters. The summed E-state index contributed by atoms with van der Waals surface area (Å²) in [6.07, 6.45) is 1.27. The van der Waals surface area contributed by atoms with E-state index < -0.39 is 0 Å². The number of carbonyl (C=O) groups excluding carboxylic acids is 1. The summed E-state index contributed by atoms with van der Waals surface area (Å²) < 4.78 is 4.62. The second kappa shape index (κ2) is 3.61. The number of hydrogen-bond acceptors (Lipinski definition) is 2. The molecule has 0 aromatic carbocycles. The van der Waals surface area contributed by atoms with Crippen LogP contribution in [0.4, 0.5) is 0 Å². The third kappa shape index (κ3) is 3.26. The maximum absolute atomic E-state index is 9.46. The van der Waals surface area contributed by atoms with Crippen LogP contribution < -0.4 is 5.32 Å². The van der Waals surface area contributed by atoms with Gasteiger partial charge in [0.2, 0.25) is 0 Å². The van der Waals surface area contributed by atoms with E-state index in [4.69, 9.17) is 0 Å². The fraction of sp³-hybridized carbons (Fsp3) is 0.750. The number of methoxy groups -OCH3 is 1. The van der Waals surface area contributed by atoms with Crippen molar-refractivity contribution in [3.63, 3.8) is 0 Å². The molecule has 1 radical (unpaired) electrons. The van der Waals surface area contributed by atoms with Gasteiger partial charge in [0.25, 0.3) is 0 Å². The van der Waals surface area contributed by atoms with E-state index in [0.717, 1.165) is 0 Å². The highest BCUT2D eigenvalue weighted by atomic mass is 16.5. The average Bonchev–Trinajstić information content (AvgIpc) is 1.68. The van der Waals surface area contributed by atoms with Crippen molar-refractivity contribution >= 4 is 6.41 Å². The predicted octanol–water partition coefficient (Wildman–Crippen LogP) is -0.364. The van der Waals surface area contributed by atoms with Gasteiger partial charge in [-0.1, -0.05) is 0 Å². The van der Waals surface area contributed by atoms with Crippen molar-refractivity contribution in [1.82, 2.24) is 5.32 Å². The minimum Gasteiger partial charge on any atom is -0.362 e. The van der Waals surface area contributed by atoms with Crippen LogP contribution in [0.3, 0.4) is 0 Å². The van der Waals surface area contributed by atoms with E-state index in [9.17, 15) is 4.79 Å². The third-order valence-corrected chi connectivity index (χ3v) is 0.616. The Labute approximate surface area is 42.7 Å². The summed E-state index contributed by atoms with van der Waals surface area (Å²) in [6, 6.07) is 0. The second-order valence-corrected chi connectivity index (χ2v) is 1.12. The molecule has 0 aliphatic heterocycles. The summed E-state index contributed by atoms with van der Waals surface area (Å²) in [7, 11) is 1.51. The van der Waals surface area contributed by atoms with Gasteiger partial charge in [0.15, 0.2) is 0 Å². The van der Waals surface area contributed by atoms with Crippen LogP contribution in [0.15, 0.2) is 0 Å². The molecule has 1 N–H and O–H groups in total. The van der Waals surface area contributed by atoms with Gasteiger partial charge in [-0.15, -0.1) is 0 Å². The van der Waals surface area contributed by atoms with Crippen molar-refractivity contribution in [1.29, 1.82) is 0 Å². The molecular formula is C4H8NO2. The van der Waals surface area contributed by atoms with Crippen molar-refractivity contribution in [2.24, 2.45) is 0 Å². The number of amides is 1. The lowest BCUT2D eigenvalue weighted by Gasteiger charge is -2.03. The van der Waals surface area contributed by atoms with Crippen LogP contribution in [0.2, 0.25) is 0 Å². The second-order valence-electron chi connectivity index (χ2n) is 1.12. The molecule has 0 spiro atoms. The zero-order valence-electron chi connectivity index (χ0n) is 4.39. The highest BCUT2D eigenvalue weighted by molar-refractivity contribution is 5.47. The molecule has 0 fully saturated rings. The lowest BCUT2D eigenvalue weighted by atomic mass is 10.7. The fourth-order valence-corrected chi connectivity index (χ4v) is 0.142. The van der Waals surface area contributed by atoms with Gasteiger partial charge in [0, 0.05) is 7.11 Å². The standard InChI is InChI=1S/C4H8NO2/c1-4(7-2)5-3-6/h4H,1-2H3,(H,5,6). The minimum absolute atomic E-state index is 0.225. The average molecular weight is 102 g/mol. The van der Waals surface area contributed by atoms with E-state index in [2.05, 4.69) is 10.1 Å². The number of ether oxygens (including phenoxy) is 1. The van der Waals surface area contributed by atoms with E-state index in [1.165, 1.54) is 13.5 Å². The molecule has 7 heavy (non-hydrogen) atoms. The summed E-state index contributed by atoms with van der Waals surface area (Å²) in [5.41, 5.74) is 0. The summed E-state index contributed by atoms with van der Waals surface area (Å²) in [5, 5.41) is 2.27. The molecule has 0 rings (SSSR count). The Morgan fingerprint density at radius 2 is 2.43 bits per heavy atom. The summed E-state index contributed by atoms with van der Waals surface area (Å²) >= 11 is 0. The molecule has 3 nitrogen and oxygen atoms in total. The number of rotatable bonds is 3. The van der Waals surface area contributed by atoms with Crippen LogP contribution >= 0.6 is 0 Å². The molecule has 0 aromatic heterocycles. The molecule has 0 saturated carbocycles. The van der Waals surface area contributed by atoms with Crippen LogP contribution in [0.5, 0.6) is 0 Å². The Morgan fingerprint density at radius 1 is 1.86 bits per heavy atom. The van der Waals surface area contributed by atoms with Crippen LogP contribution in [0.1, 0.15) is 6.92 Å². The normalized spacial score (nSPS) is 12.9. The Morgan fingerprint density at radius 3 is 2.57 bits per heavy atom. The van der Waals surface area contributed by atoms with Gasteiger partial charge in [-0.3, -0.25) is 4.79 Å². The molecular weight excluding hydrogens is 94.0 g/mol. The Bertz CT molecular complexity index is 55.7. The predicted molar refractivity (Wildman–Crippen MR) is 25.3 cm³/mol. The van der Waals surface area contributed by atoms with Gasteiger partial charge in [-0.2, -0.15) is 0 Å². The first-order valence-corrected chi connectivity index (χ1v) is 1.96. The van der Waals surface area contributed by atoms with Gasteiger partial charge >= 0.3 is 6.41 Å². The molecule has 1 amide bonds. The van der Waals surface area contributed by atoms with Gasteiger partial charge in [0.05, 0.1) is 0 Å². The topological polar surface area (TPSA) is 38.3 Å². The minimum atomic E-state index is -0.225. The number of nitrogens with one attached hydrogen (secondary N) is 1. The van der Waals surface area contributed by atoms with E-state index >= 15 is 0 Å². The highest BCUT2D eigenvalue weighted by Gasteiger charge is 1.90. The molecule has 1 atom stereocenters. The summed E-state index contributed by atoms with van der Waals surface area (Å²) in [6.45, 7) is 1.71. The Balaban J connectivity index is 2.98. The molecule has 0 aliphatic rings. The van der Waals surface area contributed by atoms with Gasteiger partial charge in [-0.05, 0) is 6.92 Å². The quantitative estimate of drug-likeness (QED) is 0.390. The molecule has 41 valence electrons. The zero-order chi connectivity index (χ0) is 5.70. The van der Waals surface area contributed by atoms with Crippen LogP contribution in [-0.4, -0.2) is 19.7 Å². The first-order valence-electron chi connectivity index (χ1n) is 1.96. The lowest BCUT2D eigenvalue weighted by Crippen LogP contribution is -2.25. The fourth-order valence-electron chi connectivity index (χ4n) is 0.142. The molecule has 3 heteroatoms. The van der Waals surface area contributed by atoms with Gasteiger partial charge in [0.1, 0.15) is 6.23 Å². The van der Waals surface area contributed by atoms with E-state index in [0.29, 0.717) is 0 Å². The smallest absolute Gasteiger partial charge is 0.311 e. The maximum Gasteiger partial charge on any atom is 0.311 e. The zero-order valence-corrected chi connectivity index (χ0v) is 4.39. The third-order valence-electron chi connectivity index (χ3n) is 0.616. The molecule has 0 aromatic rings. The monoisotopic (exact) mass is 102 g/mol. The first-order chi connectivity index (χ1) is 3.31. The van der Waals surface area contributed by atoms with Crippen molar-refractivity contribution in [2.75, 3.05) is 7.11 Å². The Hall–Kier alpha value is -0.570. The highest BCUT2D eigenvalue weighted by Crippen LogP contribution is 1.74. The molecule has 0 aliphatic carbocycles. The summed E-state index contributed by atoms with van der Waals surface area (Å²) in [4.78, 5) is 9.46. The molecule has 0 heterocycles. The Kier molecular flexibility index (Phi) is 3.32. The van der Waals surface area contributed by atoms with E-state index in [1.807, 2.05) is 0 Å². The van der Waals surface area contributed by atoms with Crippen molar-refractivity contribution in [3.8, 4) is 0 Å². The van der Waals surface area contributed by atoms with Crippen LogP contribution in [-0.2, 0) is 9.53 Å². The van der Waals surface area contributed by atoms with Crippen molar-refractivity contribution < 1.29 is 9.53 Å². The van der Waals surface area contributed by atoms with Gasteiger partial charge in [-0.25, -0.2) is 0 Å². The van der Waals surface area contributed by atoms with Crippen LogP contribution in [0.25, 0.3) is 0 Å². The van der Waals surface area contributed by atoms with E-state index in [-0.39, 0.29) is 6.23 Å². The SMILES string of the molecule is COC(C)N[C]=O. The largest absolute Gasteiger partial charge is 0.362 e.